The Morgan fingerprint density at radius 3 is 2.62 bits per heavy atom. The first-order chi connectivity index (χ1) is 19.3. The van der Waals surface area contributed by atoms with E-state index >= 15 is 0 Å². The number of hydrogen-bond acceptors (Lipinski definition) is 5. The third kappa shape index (κ3) is 6.81. The van der Waals surface area contributed by atoms with E-state index in [2.05, 4.69) is 17.4 Å². The molecule has 1 unspecified atom stereocenters. The van der Waals surface area contributed by atoms with E-state index < -0.39 is 24.5 Å². The number of unbranched alkanes of at least 4 members (excludes halogenated alkanes) is 3. The van der Waals surface area contributed by atoms with Crippen molar-refractivity contribution in [1.82, 2.24) is 10.3 Å². The van der Waals surface area contributed by atoms with Gasteiger partial charge in [-0.1, -0.05) is 67.1 Å². The molecule has 0 spiro atoms. The van der Waals surface area contributed by atoms with E-state index in [1.165, 1.54) is 5.56 Å². The highest BCUT2D eigenvalue weighted by Crippen LogP contribution is 2.45. The Morgan fingerprint density at radius 1 is 1.00 bits per heavy atom. The summed E-state index contributed by atoms with van der Waals surface area (Å²) in [6.45, 7) is 1.31. The number of fused-ring (bicyclic) bond motifs is 4. The molecule has 4 aromatic rings. The molecule has 0 radical (unpaired) electrons. The van der Waals surface area contributed by atoms with Crippen molar-refractivity contribution >= 4 is 39.2 Å². The lowest BCUT2D eigenvalue weighted by Crippen LogP contribution is -2.36. The first kappa shape index (κ1) is 28.5. The molecule has 9 heteroatoms. The van der Waals surface area contributed by atoms with E-state index in [-0.39, 0.29) is 0 Å². The quantitative estimate of drug-likeness (QED) is 0.134. The Kier molecular flexibility index (Phi) is 9.00. The second kappa shape index (κ2) is 12.6. The van der Waals surface area contributed by atoms with Crippen LogP contribution in [0.5, 0.6) is 5.75 Å². The molecular weight excluding hydrogens is 553 g/mol. The maximum absolute atomic E-state index is 12.8. The van der Waals surface area contributed by atoms with Gasteiger partial charge in [0.25, 0.3) is 0 Å². The fraction of sp³-hybridized carbons (Fsp3) is 0.355. The van der Waals surface area contributed by atoms with Crippen LogP contribution in [0.2, 0.25) is 0 Å². The van der Waals surface area contributed by atoms with Crippen LogP contribution in [-0.4, -0.2) is 36.0 Å². The minimum atomic E-state index is -4.44. The molecule has 40 heavy (non-hydrogen) atoms. The normalized spacial score (nSPS) is 14.2. The Bertz CT molecular complexity index is 1490. The van der Waals surface area contributed by atoms with Gasteiger partial charge in [-0.15, -0.1) is 11.3 Å². The Balaban J connectivity index is 1.10. The van der Waals surface area contributed by atoms with Crippen LogP contribution in [0, 0.1) is 0 Å². The number of hydrogen-bond donors (Lipinski definition) is 1. The second-order valence-corrected chi connectivity index (χ2v) is 12.2. The lowest BCUT2D eigenvalue weighted by Gasteiger charge is -2.15. The molecule has 0 saturated carbocycles. The first-order valence-corrected chi connectivity index (χ1v) is 15.4. The SMILES string of the molecule is CCOc1ccc2nc(SCCCCCCc3ccc4c(c3)-c3ccccc3C4C(=O)NCC(F)(F)F)sc2c1. The fourth-order valence-electron chi connectivity index (χ4n) is 5.12. The van der Waals surface area contributed by atoms with E-state index in [4.69, 9.17) is 9.72 Å². The van der Waals surface area contributed by atoms with Crippen LogP contribution in [0.4, 0.5) is 13.2 Å². The van der Waals surface area contributed by atoms with E-state index in [0.29, 0.717) is 6.61 Å². The third-order valence-corrected chi connectivity index (χ3v) is 9.20. The molecule has 4 nitrogen and oxygen atoms in total. The van der Waals surface area contributed by atoms with Gasteiger partial charge in [-0.05, 0) is 72.2 Å². The van der Waals surface area contributed by atoms with E-state index in [0.717, 1.165) is 80.4 Å². The van der Waals surface area contributed by atoms with Crippen LogP contribution in [0.1, 0.15) is 55.2 Å². The summed E-state index contributed by atoms with van der Waals surface area (Å²) in [6.07, 6.45) is 0.922. The van der Waals surface area contributed by atoms with Crippen molar-refractivity contribution in [2.75, 3.05) is 18.9 Å². The Morgan fingerprint density at radius 2 is 1.80 bits per heavy atom. The van der Waals surface area contributed by atoms with Gasteiger partial charge in [0.1, 0.15) is 12.3 Å². The van der Waals surface area contributed by atoms with Gasteiger partial charge in [-0.25, -0.2) is 4.98 Å². The molecule has 1 amide bonds. The topological polar surface area (TPSA) is 51.2 Å². The van der Waals surface area contributed by atoms with Crippen LogP contribution in [0.15, 0.2) is 65.0 Å². The van der Waals surface area contributed by atoms with Crippen molar-refractivity contribution in [3.8, 4) is 16.9 Å². The van der Waals surface area contributed by atoms with Crippen LogP contribution >= 0.6 is 23.1 Å². The fourth-order valence-corrected chi connectivity index (χ4v) is 7.29. The maximum Gasteiger partial charge on any atom is 0.405 e. The van der Waals surface area contributed by atoms with Crippen molar-refractivity contribution in [2.24, 2.45) is 0 Å². The van der Waals surface area contributed by atoms with Crippen molar-refractivity contribution < 1.29 is 22.7 Å². The van der Waals surface area contributed by atoms with E-state index in [9.17, 15) is 18.0 Å². The minimum Gasteiger partial charge on any atom is -0.494 e. The number of ether oxygens (including phenoxy) is 1. The molecular formula is C31H31F3N2O2S2. The van der Waals surface area contributed by atoms with E-state index in [1.807, 2.05) is 55.5 Å². The number of carbonyl (C=O) groups excluding carboxylic acids is 1. The largest absolute Gasteiger partial charge is 0.494 e. The summed E-state index contributed by atoms with van der Waals surface area (Å²) < 4.78 is 45.9. The highest BCUT2D eigenvalue weighted by atomic mass is 32.2. The summed E-state index contributed by atoms with van der Waals surface area (Å²) in [5.41, 5.74) is 5.59. The summed E-state index contributed by atoms with van der Waals surface area (Å²) in [7, 11) is 0. The summed E-state index contributed by atoms with van der Waals surface area (Å²) in [6, 6.07) is 19.6. The number of halogens is 3. The number of aryl methyl sites for hydroxylation is 1. The summed E-state index contributed by atoms with van der Waals surface area (Å²) in [4.78, 5) is 17.5. The summed E-state index contributed by atoms with van der Waals surface area (Å²) in [5.74, 6) is 0.581. The number of carbonyl (C=O) groups is 1. The highest BCUT2D eigenvalue weighted by molar-refractivity contribution is 8.01. The van der Waals surface area contributed by atoms with Crippen molar-refractivity contribution in [2.45, 2.75) is 55.5 Å². The standard InChI is InChI=1S/C31H31F3N2O2S2/c1-2-38-21-13-15-26-27(18-21)40-30(36-26)39-16-8-4-3-5-9-20-12-14-24-25(17-20)22-10-6-7-11-23(22)28(24)29(37)35-19-31(32,33)34/h6-7,10-15,17-18,28H,2-5,8-9,16,19H2,1H3,(H,35,37). The summed E-state index contributed by atoms with van der Waals surface area (Å²) >= 11 is 3.52. The minimum absolute atomic E-state index is 0.616. The van der Waals surface area contributed by atoms with Gasteiger partial charge in [0.2, 0.25) is 5.91 Å². The predicted octanol–water partition coefficient (Wildman–Crippen LogP) is 8.38. The van der Waals surface area contributed by atoms with Gasteiger partial charge in [-0.2, -0.15) is 13.2 Å². The van der Waals surface area contributed by atoms with Gasteiger partial charge < -0.3 is 10.1 Å². The Hall–Kier alpha value is -3.04. The number of thiazole rings is 1. The monoisotopic (exact) mass is 584 g/mol. The van der Waals surface area contributed by atoms with Crippen molar-refractivity contribution in [3.63, 3.8) is 0 Å². The molecule has 0 saturated heterocycles. The number of nitrogens with one attached hydrogen (secondary N) is 1. The number of aromatic nitrogens is 1. The molecule has 1 atom stereocenters. The summed E-state index contributed by atoms with van der Waals surface area (Å²) in [5, 5.41) is 2.07. The van der Waals surface area contributed by atoms with Gasteiger partial charge in [0, 0.05) is 5.75 Å². The Labute approximate surface area is 240 Å². The van der Waals surface area contributed by atoms with Crippen LogP contribution in [0.25, 0.3) is 21.3 Å². The number of amides is 1. The molecule has 210 valence electrons. The lowest BCUT2D eigenvalue weighted by atomic mass is 9.94. The van der Waals surface area contributed by atoms with Crippen LogP contribution < -0.4 is 10.1 Å². The second-order valence-electron chi connectivity index (χ2n) is 9.83. The number of alkyl halides is 3. The number of thioether (sulfide) groups is 1. The van der Waals surface area contributed by atoms with Gasteiger partial charge >= 0.3 is 6.18 Å². The number of benzene rings is 3. The zero-order chi connectivity index (χ0) is 28.1. The molecule has 1 aromatic heterocycles. The third-order valence-electron chi connectivity index (χ3n) is 6.95. The van der Waals surface area contributed by atoms with Gasteiger partial charge in [-0.3, -0.25) is 4.79 Å². The van der Waals surface area contributed by atoms with Crippen LogP contribution in [-0.2, 0) is 11.2 Å². The molecule has 0 fully saturated rings. The smallest absolute Gasteiger partial charge is 0.405 e. The molecule has 0 bridgehead atoms. The molecule has 0 aliphatic heterocycles. The zero-order valence-corrected chi connectivity index (χ0v) is 23.9. The molecule has 3 aromatic carbocycles. The number of nitrogens with zero attached hydrogens (tertiary/aromatic N) is 1. The van der Waals surface area contributed by atoms with Gasteiger partial charge in [0.15, 0.2) is 4.34 Å². The maximum atomic E-state index is 12.8. The zero-order valence-electron chi connectivity index (χ0n) is 22.2. The van der Waals surface area contributed by atoms with Crippen LogP contribution in [0.3, 0.4) is 0 Å². The average Bonchev–Trinajstić information content (AvgIpc) is 3.49. The molecule has 1 aliphatic carbocycles. The highest BCUT2D eigenvalue weighted by Gasteiger charge is 2.36. The van der Waals surface area contributed by atoms with E-state index in [1.54, 1.807) is 23.1 Å². The molecule has 1 heterocycles. The van der Waals surface area contributed by atoms with Gasteiger partial charge in [0.05, 0.1) is 22.7 Å². The molecule has 1 N–H and O–H groups in total. The number of rotatable bonds is 12. The van der Waals surface area contributed by atoms with Crippen molar-refractivity contribution in [3.05, 3.63) is 77.4 Å². The average molecular weight is 585 g/mol. The van der Waals surface area contributed by atoms with Crippen molar-refractivity contribution in [1.29, 1.82) is 0 Å². The molecule has 5 rings (SSSR count). The predicted molar refractivity (Wildman–Crippen MR) is 156 cm³/mol. The first-order valence-electron chi connectivity index (χ1n) is 13.5. The molecule has 1 aliphatic rings. The lowest BCUT2D eigenvalue weighted by molar-refractivity contribution is -0.138.